The smallest absolute Gasteiger partial charge is 0.223 e. The Morgan fingerprint density at radius 3 is 2.76 bits per heavy atom. The first-order chi connectivity index (χ1) is 11.9. The average molecular weight is 382 g/mol. The second-order valence-electron chi connectivity index (χ2n) is 5.76. The van der Waals surface area contributed by atoms with E-state index in [1.54, 1.807) is 26.1 Å². The lowest BCUT2D eigenvalue weighted by Gasteiger charge is -2.10. The van der Waals surface area contributed by atoms with Crippen molar-refractivity contribution in [3.8, 4) is 5.88 Å². The van der Waals surface area contributed by atoms with Gasteiger partial charge in [0.2, 0.25) is 11.7 Å². The third-order valence-electron chi connectivity index (χ3n) is 3.74. The van der Waals surface area contributed by atoms with Crippen molar-refractivity contribution in [2.45, 2.75) is 6.92 Å². The highest BCUT2D eigenvalue weighted by molar-refractivity contribution is 6.37. The molecule has 0 atom stereocenters. The van der Waals surface area contributed by atoms with Crippen LogP contribution in [0.1, 0.15) is 21.6 Å². The second kappa shape index (κ2) is 6.98. The van der Waals surface area contributed by atoms with Crippen molar-refractivity contribution in [3.63, 3.8) is 0 Å². The molecular formula is C17H17Cl2N3O3. The first kappa shape index (κ1) is 17.6. The topological polar surface area (TPSA) is 56.6 Å². The van der Waals surface area contributed by atoms with E-state index in [-0.39, 0.29) is 17.4 Å². The lowest BCUT2D eigenvalue weighted by Crippen LogP contribution is -2.10. The number of hydrogen-bond acceptors (Lipinski definition) is 5. The van der Waals surface area contributed by atoms with Gasteiger partial charge in [0.15, 0.2) is 12.5 Å². The molecule has 1 aromatic heterocycles. The SMILES string of the molecule is Cc1nn(C)c(OCC2=CN(C)CO2)c1C(=O)c1ccc(Cl)cc1Cl. The zero-order valence-corrected chi connectivity index (χ0v) is 15.6. The van der Waals surface area contributed by atoms with Gasteiger partial charge < -0.3 is 14.4 Å². The molecule has 0 amide bonds. The fourth-order valence-electron chi connectivity index (χ4n) is 2.60. The third-order valence-corrected chi connectivity index (χ3v) is 4.29. The Kier molecular flexibility index (Phi) is 4.92. The molecule has 25 heavy (non-hydrogen) atoms. The van der Waals surface area contributed by atoms with E-state index in [9.17, 15) is 4.79 Å². The number of hydrogen-bond donors (Lipinski definition) is 0. The Hall–Kier alpha value is -2.18. The number of nitrogens with zero attached hydrogens (tertiary/aromatic N) is 3. The van der Waals surface area contributed by atoms with Gasteiger partial charge in [0.25, 0.3) is 0 Å². The van der Waals surface area contributed by atoms with Crippen LogP contribution in [0.25, 0.3) is 0 Å². The van der Waals surface area contributed by atoms with Crippen molar-refractivity contribution < 1.29 is 14.3 Å². The van der Waals surface area contributed by atoms with Gasteiger partial charge in [0.1, 0.15) is 12.2 Å². The summed E-state index contributed by atoms with van der Waals surface area (Å²) in [6.07, 6.45) is 1.85. The molecule has 0 N–H and O–H groups in total. The predicted molar refractivity (Wildman–Crippen MR) is 95.1 cm³/mol. The van der Waals surface area contributed by atoms with Crippen LogP contribution in [-0.2, 0) is 11.8 Å². The Morgan fingerprint density at radius 1 is 1.36 bits per heavy atom. The molecule has 0 aliphatic carbocycles. The molecule has 2 heterocycles. The molecule has 1 aromatic carbocycles. The highest BCUT2D eigenvalue weighted by atomic mass is 35.5. The van der Waals surface area contributed by atoms with Gasteiger partial charge in [0.05, 0.1) is 10.7 Å². The summed E-state index contributed by atoms with van der Waals surface area (Å²) >= 11 is 12.1. The maximum atomic E-state index is 13.0. The fourth-order valence-corrected chi connectivity index (χ4v) is 3.09. The van der Waals surface area contributed by atoms with E-state index >= 15 is 0 Å². The van der Waals surface area contributed by atoms with Gasteiger partial charge in [-0.25, -0.2) is 4.68 Å². The lowest BCUT2D eigenvalue weighted by atomic mass is 10.0. The summed E-state index contributed by atoms with van der Waals surface area (Å²) in [6.45, 7) is 2.44. The van der Waals surface area contributed by atoms with Crippen molar-refractivity contribution in [3.05, 3.63) is 57.0 Å². The molecule has 0 saturated carbocycles. The van der Waals surface area contributed by atoms with Crippen LogP contribution in [0.3, 0.4) is 0 Å². The van der Waals surface area contributed by atoms with E-state index in [4.69, 9.17) is 32.7 Å². The summed E-state index contributed by atoms with van der Waals surface area (Å²) in [7, 11) is 3.62. The molecule has 1 aliphatic rings. The third kappa shape index (κ3) is 3.60. The average Bonchev–Trinajstić information content (AvgIpc) is 3.07. The van der Waals surface area contributed by atoms with Gasteiger partial charge in [-0.1, -0.05) is 23.2 Å². The zero-order valence-electron chi connectivity index (χ0n) is 14.0. The van der Waals surface area contributed by atoms with E-state index in [2.05, 4.69) is 5.10 Å². The Balaban J connectivity index is 1.90. The maximum Gasteiger partial charge on any atom is 0.223 e. The number of ketones is 1. The van der Waals surface area contributed by atoms with Gasteiger partial charge in [-0.2, -0.15) is 5.10 Å². The van der Waals surface area contributed by atoms with Crippen LogP contribution in [0.4, 0.5) is 0 Å². The normalized spacial score (nSPS) is 13.6. The summed E-state index contributed by atoms with van der Waals surface area (Å²) in [5, 5.41) is 5.05. The number of halogens is 2. The van der Waals surface area contributed by atoms with Crippen molar-refractivity contribution in [2.24, 2.45) is 7.05 Å². The molecule has 6 nitrogen and oxygen atoms in total. The molecule has 0 fully saturated rings. The fraction of sp³-hybridized carbons (Fsp3) is 0.294. The maximum absolute atomic E-state index is 13.0. The highest BCUT2D eigenvalue weighted by Gasteiger charge is 2.25. The van der Waals surface area contributed by atoms with E-state index in [1.165, 1.54) is 10.7 Å². The molecule has 8 heteroatoms. The van der Waals surface area contributed by atoms with Gasteiger partial charge in [-0.3, -0.25) is 4.79 Å². The molecule has 0 saturated heterocycles. The van der Waals surface area contributed by atoms with Crippen LogP contribution >= 0.6 is 23.2 Å². The predicted octanol–water partition coefficient (Wildman–Crippen LogP) is 3.41. The standard InChI is InChI=1S/C17H17Cl2N3O3/c1-10-15(16(23)13-5-4-11(18)6-14(13)19)17(22(3)20-10)24-8-12-7-21(2)9-25-12/h4-7H,8-9H2,1-3H3. The van der Waals surface area contributed by atoms with Crippen molar-refractivity contribution >= 4 is 29.0 Å². The Labute approximate surface area is 155 Å². The molecule has 0 unspecified atom stereocenters. The van der Waals surface area contributed by atoms with Gasteiger partial charge in [-0.15, -0.1) is 0 Å². The van der Waals surface area contributed by atoms with Crippen LogP contribution in [-0.4, -0.2) is 40.8 Å². The van der Waals surface area contributed by atoms with Crippen LogP contribution in [0.15, 0.2) is 30.2 Å². The van der Waals surface area contributed by atoms with Gasteiger partial charge in [-0.05, 0) is 25.1 Å². The minimum absolute atomic E-state index is 0.206. The highest BCUT2D eigenvalue weighted by Crippen LogP contribution is 2.29. The molecular weight excluding hydrogens is 365 g/mol. The Bertz CT molecular complexity index is 861. The Morgan fingerprint density at radius 2 is 2.12 bits per heavy atom. The second-order valence-corrected chi connectivity index (χ2v) is 6.60. The monoisotopic (exact) mass is 381 g/mol. The first-order valence-corrected chi connectivity index (χ1v) is 8.32. The number of carbonyl (C=O) groups is 1. The molecule has 3 rings (SSSR count). The number of ether oxygens (including phenoxy) is 2. The van der Waals surface area contributed by atoms with Gasteiger partial charge in [0, 0.05) is 30.9 Å². The molecule has 132 valence electrons. The van der Waals surface area contributed by atoms with Crippen molar-refractivity contribution in [1.82, 2.24) is 14.7 Å². The summed E-state index contributed by atoms with van der Waals surface area (Å²) < 4.78 is 12.8. The summed E-state index contributed by atoms with van der Waals surface area (Å²) in [4.78, 5) is 14.9. The minimum atomic E-state index is -0.263. The lowest BCUT2D eigenvalue weighted by molar-refractivity contribution is 0.103. The van der Waals surface area contributed by atoms with Crippen LogP contribution in [0, 0.1) is 6.92 Å². The molecule has 2 aromatic rings. The number of carbonyl (C=O) groups excluding carboxylic acids is 1. The summed E-state index contributed by atoms with van der Waals surface area (Å²) in [6, 6.07) is 4.76. The zero-order chi connectivity index (χ0) is 18.1. The van der Waals surface area contributed by atoms with E-state index in [0.717, 1.165) is 0 Å². The minimum Gasteiger partial charge on any atom is -0.472 e. The van der Waals surface area contributed by atoms with Crippen LogP contribution in [0.5, 0.6) is 5.88 Å². The van der Waals surface area contributed by atoms with Crippen molar-refractivity contribution in [1.29, 1.82) is 0 Å². The molecule has 1 aliphatic heterocycles. The summed E-state index contributed by atoms with van der Waals surface area (Å²) in [5.41, 5.74) is 1.29. The largest absolute Gasteiger partial charge is 0.472 e. The molecule has 0 spiro atoms. The first-order valence-electron chi connectivity index (χ1n) is 7.56. The van der Waals surface area contributed by atoms with Crippen LogP contribution < -0.4 is 4.74 Å². The molecule has 0 radical (unpaired) electrons. The van der Waals surface area contributed by atoms with E-state index < -0.39 is 0 Å². The number of rotatable bonds is 5. The molecule has 0 bridgehead atoms. The van der Waals surface area contributed by atoms with E-state index in [0.29, 0.717) is 40.2 Å². The van der Waals surface area contributed by atoms with E-state index in [1.807, 2.05) is 18.1 Å². The van der Waals surface area contributed by atoms with Crippen molar-refractivity contribution in [2.75, 3.05) is 20.4 Å². The number of benzene rings is 1. The number of aromatic nitrogens is 2. The van der Waals surface area contributed by atoms with Crippen LogP contribution in [0.2, 0.25) is 10.0 Å². The number of aryl methyl sites for hydroxylation is 2. The summed E-state index contributed by atoms with van der Waals surface area (Å²) in [5.74, 6) is 0.789. The van der Waals surface area contributed by atoms with Gasteiger partial charge >= 0.3 is 0 Å². The quantitative estimate of drug-likeness (QED) is 0.742.